The summed E-state index contributed by atoms with van der Waals surface area (Å²) in [5.41, 5.74) is 0. The van der Waals surface area contributed by atoms with Gasteiger partial charge in [0.25, 0.3) is 0 Å². The predicted molar refractivity (Wildman–Crippen MR) is 61.6 cm³/mol. The summed E-state index contributed by atoms with van der Waals surface area (Å²) in [5.74, 6) is -1.26. The second kappa shape index (κ2) is 5.53. The molecule has 1 aromatic rings. The third-order valence-corrected chi connectivity index (χ3v) is 2.92. The van der Waals surface area contributed by atoms with Gasteiger partial charge >= 0.3 is 0 Å². The number of ether oxygens (including phenoxy) is 1. The van der Waals surface area contributed by atoms with Crippen LogP contribution in [0.2, 0.25) is 0 Å². The van der Waals surface area contributed by atoms with Crippen LogP contribution in [0.5, 0.6) is 5.75 Å². The van der Waals surface area contributed by atoms with Crippen molar-refractivity contribution < 1.29 is 19.4 Å². The van der Waals surface area contributed by atoms with E-state index >= 15 is 0 Å². The van der Waals surface area contributed by atoms with Crippen molar-refractivity contribution in [3.05, 3.63) is 30.3 Å². The van der Waals surface area contributed by atoms with Gasteiger partial charge in [-0.2, -0.15) is 0 Å². The fourth-order valence-corrected chi connectivity index (χ4v) is 1.94. The minimum atomic E-state index is -1.16. The maximum absolute atomic E-state index is 11.5. The summed E-state index contributed by atoms with van der Waals surface area (Å²) in [4.78, 5) is 23.7. The average molecular weight is 248 g/mol. The molecule has 0 aromatic heterocycles. The van der Waals surface area contributed by atoms with Crippen LogP contribution in [-0.2, 0) is 9.59 Å². The van der Waals surface area contributed by atoms with Gasteiger partial charge in [-0.15, -0.1) is 0 Å². The number of carboxylic acids is 1. The number of aliphatic carboxylic acids is 1. The zero-order valence-electron chi connectivity index (χ0n) is 9.87. The lowest BCUT2D eigenvalue weighted by molar-refractivity contribution is -0.311. The fourth-order valence-electron chi connectivity index (χ4n) is 1.94. The third kappa shape index (κ3) is 3.00. The Morgan fingerprint density at radius 3 is 2.72 bits per heavy atom. The number of hydrogen-bond donors (Lipinski definition) is 0. The molecule has 0 N–H and O–H groups in total. The van der Waals surface area contributed by atoms with Crippen LogP contribution in [0.15, 0.2) is 30.3 Å². The first-order valence-corrected chi connectivity index (χ1v) is 5.83. The van der Waals surface area contributed by atoms with Crippen LogP contribution in [0.3, 0.4) is 0 Å². The van der Waals surface area contributed by atoms with Gasteiger partial charge in [-0.3, -0.25) is 4.79 Å². The lowest BCUT2D eigenvalue weighted by Crippen LogP contribution is -2.34. The molecular formula is C13H14NO4-. The molecule has 0 spiro atoms. The molecule has 1 heterocycles. The molecule has 2 rings (SSSR count). The minimum Gasteiger partial charge on any atom is -0.550 e. The van der Waals surface area contributed by atoms with Crippen LogP contribution in [0.25, 0.3) is 0 Å². The maximum atomic E-state index is 11.5. The highest BCUT2D eigenvalue weighted by Crippen LogP contribution is 2.17. The van der Waals surface area contributed by atoms with Gasteiger partial charge in [0.15, 0.2) is 0 Å². The van der Waals surface area contributed by atoms with Crippen LogP contribution >= 0.6 is 0 Å². The molecule has 5 nitrogen and oxygen atoms in total. The highest BCUT2D eigenvalue weighted by atomic mass is 16.5. The summed E-state index contributed by atoms with van der Waals surface area (Å²) in [6.45, 7) is 0.979. The lowest BCUT2D eigenvalue weighted by atomic mass is 10.1. The molecule has 18 heavy (non-hydrogen) atoms. The van der Waals surface area contributed by atoms with Crippen molar-refractivity contribution in [1.29, 1.82) is 0 Å². The smallest absolute Gasteiger partial charge is 0.223 e. The number of nitrogens with zero attached hydrogens (tertiary/aromatic N) is 1. The number of carbonyl (C=O) groups is 2. The van der Waals surface area contributed by atoms with E-state index in [-0.39, 0.29) is 18.9 Å². The molecule has 0 saturated carbocycles. The van der Waals surface area contributed by atoms with E-state index in [9.17, 15) is 14.7 Å². The second-order valence-corrected chi connectivity index (χ2v) is 4.22. The largest absolute Gasteiger partial charge is 0.550 e. The summed E-state index contributed by atoms with van der Waals surface area (Å²) < 4.78 is 5.46. The van der Waals surface area contributed by atoms with E-state index < -0.39 is 11.9 Å². The van der Waals surface area contributed by atoms with Crippen LogP contribution in [0, 0.1) is 5.92 Å². The summed E-state index contributed by atoms with van der Waals surface area (Å²) in [7, 11) is 0. The van der Waals surface area contributed by atoms with Crippen molar-refractivity contribution in [2.75, 3.05) is 19.7 Å². The van der Waals surface area contributed by atoms with Gasteiger partial charge < -0.3 is 19.5 Å². The molecule has 1 aliphatic rings. The molecule has 0 unspecified atom stereocenters. The Morgan fingerprint density at radius 1 is 1.39 bits per heavy atom. The van der Waals surface area contributed by atoms with E-state index in [0.29, 0.717) is 13.2 Å². The van der Waals surface area contributed by atoms with Gasteiger partial charge in [0, 0.05) is 24.9 Å². The fraction of sp³-hybridized carbons (Fsp3) is 0.385. The van der Waals surface area contributed by atoms with Crippen LogP contribution < -0.4 is 9.84 Å². The summed E-state index contributed by atoms with van der Waals surface area (Å²) >= 11 is 0. The summed E-state index contributed by atoms with van der Waals surface area (Å²) in [5, 5.41) is 10.7. The van der Waals surface area contributed by atoms with E-state index in [0.717, 1.165) is 5.75 Å². The van der Waals surface area contributed by atoms with E-state index in [1.54, 1.807) is 0 Å². The second-order valence-electron chi connectivity index (χ2n) is 4.22. The molecule has 0 radical (unpaired) electrons. The number of likely N-dealkylation sites (tertiary alicyclic amines) is 1. The van der Waals surface area contributed by atoms with Crippen molar-refractivity contribution in [2.45, 2.75) is 6.42 Å². The first-order chi connectivity index (χ1) is 8.66. The van der Waals surface area contributed by atoms with E-state index in [1.165, 1.54) is 4.90 Å². The summed E-state index contributed by atoms with van der Waals surface area (Å²) in [6, 6.07) is 9.28. The third-order valence-electron chi connectivity index (χ3n) is 2.92. The number of para-hydroxylation sites is 1. The Kier molecular flexibility index (Phi) is 3.82. The molecule has 96 valence electrons. The van der Waals surface area contributed by atoms with Gasteiger partial charge in [-0.1, -0.05) is 18.2 Å². The number of benzene rings is 1. The molecule has 0 aliphatic carbocycles. The van der Waals surface area contributed by atoms with E-state index in [1.807, 2.05) is 30.3 Å². The highest BCUT2D eigenvalue weighted by Gasteiger charge is 2.29. The number of carbonyl (C=O) groups excluding carboxylic acids is 2. The van der Waals surface area contributed by atoms with E-state index in [4.69, 9.17) is 4.74 Å². The maximum Gasteiger partial charge on any atom is 0.223 e. The number of rotatable bonds is 5. The average Bonchev–Trinajstić information content (AvgIpc) is 2.73. The Balaban J connectivity index is 1.78. The zero-order valence-corrected chi connectivity index (χ0v) is 9.87. The van der Waals surface area contributed by atoms with Crippen molar-refractivity contribution in [3.63, 3.8) is 0 Å². The van der Waals surface area contributed by atoms with Crippen molar-refractivity contribution in [3.8, 4) is 5.75 Å². The standard InChI is InChI=1S/C13H15NO4/c15-12-8-10(13(16)17)9-14(12)6-7-18-11-4-2-1-3-5-11/h1-5,10H,6-9H2,(H,16,17)/p-1/t10-/m0/s1. The highest BCUT2D eigenvalue weighted by molar-refractivity contribution is 5.85. The Labute approximate surface area is 105 Å². The van der Waals surface area contributed by atoms with Crippen molar-refractivity contribution >= 4 is 11.9 Å². The molecule has 1 aromatic carbocycles. The molecular weight excluding hydrogens is 234 g/mol. The zero-order chi connectivity index (χ0) is 13.0. The normalized spacial score (nSPS) is 19.0. The van der Waals surface area contributed by atoms with Gasteiger partial charge in [0.05, 0.1) is 6.54 Å². The predicted octanol–water partition coefficient (Wildman–Crippen LogP) is -0.336. The summed E-state index contributed by atoms with van der Waals surface area (Å²) in [6.07, 6.45) is 0.0354. The minimum absolute atomic E-state index is 0.0354. The molecule has 1 saturated heterocycles. The van der Waals surface area contributed by atoms with Crippen molar-refractivity contribution in [2.24, 2.45) is 5.92 Å². The van der Waals surface area contributed by atoms with Gasteiger partial charge in [-0.25, -0.2) is 0 Å². The van der Waals surface area contributed by atoms with E-state index in [2.05, 4.69) is 0 Å². The van der Waals surface area contributed by atoms with Gasteiger partial charge in [-0.05, 0) is 12.1 Å². The van der Waals surface area contributed by atoms with Gasteiger partial charge in [0.1, 0.15) is 12.4 Å². The molecule has 1 fully saturated rings. The molecule has 1 aliphatic heterocycles. The van der Waals surface area contributed by atoms with Crippen LogP contribution in [0.1, 0.15) is 6.42 Å². The monoisotopic (exact) mass is 248 g/mol. The molecule has 1 amide bonds. The molecule has 0 bridgehead atoms. The molecule has 5 heteroatoms. The lowest BCUT2D eigenvalue weighted by Gasteiger charge is -2.17. The topological polar surface area (TPSA) is 69.7 Å². The first kappa shape index (κ1) is 12.4. The van der Waals surface area contributed by atoms with Crippen molar-refractivity contribution in [1.82, 2.24) is 4.90 Å². The number of amides is 1. The Hall–Kier alpha value is -2.04. The molecule has 1 atom stereocenters. The SMILES string of the molecule is O=C([O-])[C@H]1CC(=O)N(CCOc2ccccc2)C1. The van der Waals surface area contributed by atoms with Crippen LogP contribution in [0.4, 0.5) is 0 Å². The number of carboxylic acid groups (broad SMARTS) is 1. The first-order valence-electron chi connectivity index (χ1n) is 5.83. The Bertz CT molecular complexity index is 432. The number of hydrogen-bond acceptors (Lipinski definition) is 4. The van der Waals surface area contributed by atoms with Crippen LogP contribution in [-0.4, -0.2) is 36.5 Å². The quantitative estimate of drug-likeness (QED) is 0.715. The van der Waals surface area contributed by atoms with Gasteiger partial charge in [0.2, 0.25) is 5.91 Å². The Morgan fingerprint density at radius 2 is 2.11 bits per heavy atom.